The molecule has 1 unspecified atom stereocenters. The number of hydrogen-bond donors (Lipinski definition) is 2. The first-order chi connectivity index (χ1) is 9.79. The maximum Gasteiger partial charge on any atom is 0.265 e. The van der Waals surface area contributed by atoms with Crippen molar-refractivity contribution in [3.05, 3.63) is 0 Å². The van der Waals surface area contributed by atoms with E-state index in [-0.39, 0.29) is 12.5 Å². The maximum atomic E-state index is 7.72. The summed E-state index contributed by atoms with van der Waals surface area (Å²) in [6.07, 6.45) is 1.17. The Morgan fingerprint density at radius 3 is 1.77 bits per heavy atom. The monoisotopic (exact) mass is 430 g/mol. The van der Waals surface area contributed by atoms with Gasteiger partial charge in [0.05, 0.1) is 6.61 Å². The SMILES string of the molecule is CC(C)C(OC(=N)C(Cl)(Cl)Cl)C1(COC(=N)C(Cl)(Cl)Cl)CC1. The lowest BCUT2D eigenvalue weighted by Crippen LogP contribution is -2.39. The van der Waals surface area contributed by atoms with E-state index < -0.39 is 30.9 Å². The highest BCUT2D eigenvalue weighted by atomic mass is 35.6. The van der Waals surface area contributed by atoms with E-state index in [4.69, 9.17) is 89.9 Å². The van der Waals surface area contributed by atoms with Crippen LogP contribution in [0.4, 0.5) is 0 Å². The lowest BCUT2D eigenvalue weighted by atomic mass is 9.90. The summed E-state index contributed by atoms with van der Waals surface area (Å²) >= 11 is 33.7. The molecular weight excluding hydrogens is 417 g/mol. The second-order valence-corrected chi connectivity index (χ2v) is 10.1. The zero-order valence-electron chi connectivity index (χ0n) is 11.9. The predicted molar refractivity (Wildman–Crippen MR) is 93.4 cm³/mol. The van der Waals surface area contributed by atoms with E-state index in [2.05, 4.69) is 0 Å². The first kappa shape index (κ1) is 20.7. The van der Waals surface area contributed by atoms with E-state index in [0.717, 1.165) is 12.8 Å². The van der Waals surface area contributed by atoms with E-state index in [1.54, 1.807) is 0 Å². The van der Waals surface area contributed by atoms with Gasteiger partial charge in [-0.15, -0.1) is 0 Å². The number of halogens is 6. The lowest BCUT2D eigenvalue weighted by molar-refractivity contribution is 0.0292. The van der Waals surface area contributed by atoms with Crippen molar-refractivity contribution in [2.24, 2.45) is 11.3 Å². The number of hydrogen-bond acceptors (Lipinski definition) is 4. The van der Waals surface area contributed by atoms with Crippen molar-refractivity contribution in [1.82, 2.24) is 0 Å². The molecular formula is C12H16Cl6N2O2. The molecule has 0 heterocycles. The van der Waals surface area contributed by atoms with Crippen LogP contribution in [0.1, 0.15) is 26.7 Å². The second kappa shape index (κ2) is 7.28. The molecule has 0 radical (unpaired) electrons. The molecule has 2 N–H and O–H groups in total. The minimum absolute atomic E-state index is 0.0424. The van der Waals surface area contributed by atoms with Crippen molar-refractivity contribution in [2.45, 2.75) is 40.4 Å². The van der Waals surface area contributed by atoms with Gasteiger partial charge in [-0.3, -0.25) is 10.8 Å². The fraction of sp³-hybridized carbons (Fsp3) is 0.833. The van der Waals surface area contributed by atoms with Crippen molar-refractivity contribution < 1.29 is 9.47 Å². The Morgan fingerprint density at radius 2 is 1.45 bits per heavy atom. The third kappa shape index (κ3) is 5.64. The Hall–Kier alpha value is 0.680. The number of alkyl halides is 6. The maximum absolute atomic E-state index is 7.72. The molecule has 1 fully saturated rings. The molecule has 1 aliphatic rings. The standard InChI is InChI=1S/C12H16Cl6N2O2/c1-6(2)7(22-9(20)12(16,17)18)10(3-4-10)5-21-8(19)11(13,14)15/h6-7,19-20H,3-5H2,1-2H3. The molecule has 0 saturated heterocycles. The summed E-state index contributed by atoms with van der Waals surface area (Å²) in [4.78, 5) is 0. The molecule has 1 aliphatic carbocycles. The van der Waals surface area contributed by atoms with E-state index in [1.807, 2.05) is 13.8 Å². The van der Waals surface area contributed by atoms with Crippen LogP contribution in [0.15, 0.2) is 0 Å². The summed E-state index contributed by atoms with van der Waals surface area (Å²) in [5, 5.41) is 15.3. The highest BCUT2D eigenvalue weighted by molar-refractivity contribution is 6.76. The smallest absolute Gasteiger partial charge is 0.265 e. The molecule has 0 spiro atoms. The molecule has 128 valence electrons. The van der Waals surface area contributed by atoms with E-state index in [9.17, 15) is 0 Å². The summed E-state index contributed by atoms with van der Waals surface area (Å²) < 4.78 is 7.00. The van der Waals surface area contributed by atoms with Gasteiger partial charge in [-0.2, -0.15) is 0 Å². The zero-order valence-corrected chi connectivity index (χ0v) is 16.4. The van der Waals surface area contributed by atoms with Crippen molar-refractivity contribution >= 4 is 81.4 Å². The van der Waals surface area contributed by atoms with E-state index >= 15 is 0 Å². The third-order valence-electron chi connectivity index (χ3n) is 3.36. The van der Waals surface area contributed by atoms with Gasteiger partial charge in [-0.25, -0.2) is 0 Å². The van der Waals surface area contributed by atoms with Gasteiger partial charge >= 0.3 is 0 Å². The highest BCUT2D eigenvalue weighted by Crippen LogP contribution is 2.53. The van der Waals surface area contributed by atoms with Crippen LogP contribution in [0.2, 0.25) is 0 Å². The first-order valence-corrected chi connectivity index (χ1v) is 8.67. The van der Waals surface area contributed by atoms with Crippen molar-refractivity contribution in [3.8, 4) is 0 Å². The first-order valence-electron chi connectivity index (χ1n) is 6.40. The fourth-order valence-corrected chi connectivity index (χ4v) is 2.43. The zero-order chi connectivity index (χ0) is 17.3. The van der Waals surface area contributed by atoms with Crippen molar-refractivity contribution in [3.63, 3.8) is 0 Å². The van der Waals surface area contributed by atoms with Gasteiger partial charge in [-0.05, 0) is 18.8 Å². The van der Waals surface area contributed by atoms with Crippen LogP contribution >= 0.6 is 69.6 Å². The van der Waals surface area contributed by atoms with Crippen molar-refractivity contribution in [1.29, 1.82) is 10.8 Å². The number of rotatable bonds is 5. The topological polar surface area (TPSA) is 66.2 Å². The van der Waals surface area contributed by atoms with Crippen LogP contribution in [-0.2, 0) is 9.47 Å². The van der Waals surface area contributed by atoms with E-state index in [1.165, 1.54) is 0 Å². The molecule has 0 aliphatic heterocycles. The predicted octanol–water partition coefficient (Wildman–Crippen LogP) is 5.52. The quantitative estimate of drug-likeness (QED) is 0.341. The molecule has 22 heavy (non-hydrogen) atoms. The molecule has 0 aromatic rings. The van der Waals surface area contributed by atoms with Crippen LogP contribution < -0.4 is 0 Å². The molecule has 4 nitrogen and oxygen atoms in total. The normalized spacial score (nSPS) is 18.8. The molecule has 1 atom stereocenters. The molecule has 0 bridgehead atoms. The van der Waals surface area contributed by atoms with Crippen LogP contribution in [0.3, 0.4) is 0 Å². The Bertz CT molecular complexity index is 440. The van der Waals surface area contributed by atoms with Gasteiger partial charge in [0.15, 0.2) is 0 Å². The minimum atomic E-state index is -1.92. The fourth-order valence-electron chi connectivity index (χ4n) is 2.13. The average molecular weight is 433 g/mol. The van der Waals surface area contributed by atoms with Gasteiger partial charge in [0.2, 0.25) is 11.8 Å². The molecule has 10 heteroatoms. The Labute approximate surface area is 159 Å². The number of ether oxygens (including phenoxy) is 2. The van der Waals surface area contributed by atoms with Gasteiger partial charge < -0.3 is 9.47 Å². The Balaban J connectivity index is 2.75. The van der Waals surface area contributed by atoms with Crippen LogP contribution in [-0.4, -0.2) is 32.1 Å². The summed E-state index contributed by atoms with van der Waals surface area (Å²) in [6, 6.07) is 0. The number of nitrogens with one attached hydrogen (secondary N) is 2. The lowest BCUT2D eigenvalue weighted by Gasteiger charge is -2.32. The summed E-state index contributed by atoms with van der Waals surface area (Å²) in [5.74, 6) is -0.859. The van der Waals surface area contributed by atoms with Gasteiger partial charge in [0.25, 0.3) is 7.59 Å². The van der Waals surface area contributed by atoms with E-state index in [0.29, 0.717) is 0 Å². The minimum Gasteiger partial charge on any atom is -0.477 e. The largest absolute Gasteiger partial charge is 0.477 e. The molecule has 0 amide bonds. The van der Waals surface area contributed by atoms with Gasteiger partial charge in [-0.1, -0.05) is 83.5 Å². The second-order valence-electron chi connectivity index (χ2n) is 5.59. The van der Waals surface area contributed by atoms with Crippen LogP contribution in [0, 0.1) is 22.2 Å². The Kier molecular flexibility index (Phi) is 6.86. The van der Waals surface area contributed by atoms with Gasteiger partial charge in [0, 0.05) is 5.41 Å². The van der Waals surface area contributed by atoms with Crippen LogP contribution in [0.25, 0.3) is 0 Å². The van der Waals surface area contributed by atoms with Gasteiger partial charge in [0.1, 0.15) is 6.10 Å². The molecule has 1 saturated carbocycles. The van der Waals surface area contributed by atoms with Crippen molar-refractivity contribution in [2.75, 3.05) is 6.61 Å². The molecule has 1 rings (SSSR count). The molecule has 0 aromatic carbocycles. The Morgan fingerprint density at radius 1 is 1.00 bits per heavy atom. The summed E-state index contributed by atoms with van der Waals surface area (Å²) in [5.41, 5.74) is -0.390. The van der Waals surface area contributed by atoms with Crippen LogP contribution in [0.5, 0.6) is 0 Å². The average Bonchev–Trinajstić information content (AvgIpc) is 3.10. The summed E-state index contributed by atoms with van der Waals surface area (Å²) in [7, 11) is 0. The third-order valence-corrected chi connectivity index (χ3v) is 4.39. The highest BCUT2D eigenvalue weighted by Gasteiger charge is 2.54. The summed E-state index contributed by atoms with van der Waals surface area (Å²) in [6.45, 7) is 3.99. The molecule has 0 aromatic heterocycles.